The largest absolute Gasteiger partial charge is 0.349 e. The molecule has 2 aromatic rings. The predicted molar refractivity (Wildman–Crippen MR) is 118 cm³/mol. The first-order valence-electron chi connectivity index (χ1n) is 9.58. The van der Waals surface area contributed by atoms with E-state index in [-0.39, 0.29) is 17.9 Å². The second kappa shape index (κ2) is 10.1. The van der Waals surface area contributed by atoms with E-state index in [2.05, 4.69) is 33.4 Å². The van der Waals surface area contributed by atoms with Gasteiger partial charge in [0.2, 0.25) is 5.91 Å². The van der Waals surface area contributed by atoms with Gasteiger partial charge >= 0.3 is 0 Å². The molecule has 1 heterocycles. The van der Waals surface area contributed by atoms with Crippen LogP contribution in [-0.4, -0.2) is 41.6 Å². The molecule has 2 amide bonds. The molecule has 0 radical (unpaired) electrons. The van der Waals surface area contributed by atoms with E-state index >= 15 is 0 Å². The molecule has 1 fully saturated rings. The summed E-state index contributed by atoms with van der Waals surface area (Å²) >= 11 is 4.88. The zero-order valence-corrected chi connectivity index (χ0v) is 18.4. The molecule has 0 bridgehead atoms. The lowest BCUT2D eigenvalue weighted by atomic mass is 10.1. The first kappa shape index (κ1) is 20.9. The standard InChI is InChI=1S/C22H25BrN2O2S/c1-16(14-17-8-10-18(23)11-9-17)24-22(27)19-6-2-3-7-20(19)28-15-21(26)25-12-4-5-13-25/h2-3,6-11,16H,4-5,12-15H2,1H3,(H,24,27)/t16-/m1/s1. The molecule has 4 nitrogen and oxygen atoms in total. The van der Waals surface area contributed by atoms with Crippen molar-refractivity contribution in [3.63, 3.8) is 0 Å². The highest BCUT2D eigenvalue weighted by Crippen LogP contribution is 2.24. The van der Waals surface area contributed by atoms with E-state index in [9.17, 15) is 9.59 Å². The van der Waals surface area contributed by atoms with Crippen LogP contribution in [0.4, 0.5) is 0 Å². The van der Waals surface area contributed by atoms with Crippen molar-refractivity contribution in [2.75, 3.05) is 18.8 Å². The molecule has 28 heavy (non-hydrogen) atoms. The van der Waals surface area contributed by atoms with Gasteiger partial charge in [-0.25, -0.2) is 0 Å². The van der Waals surface area contributed by atoms with Gasteiger partial charge in [0.1, 0.15) is 0 Å². The number of thioether (sulfide) groups is 1. The highest BCUT2D eigenvalue weighted by atomic mass is 79.9. The Morgan fingerprint density at radius 3 is 2.50 bits per heavy atom. The highest BCUT2D eigenvalue weighted by molar-refractivity contribution is 9.10. The van der Waals surface area contributed by atoms with Crippen molar-refractivity contribution < 1.29 is 9.59 Å². The summed E-state index contributed by atoms with van der Waals surface area (Å²) in [5, 5.41) is 3.08. The molecule has 3 rings (SSSR count). The lowest BCUT2D eigenvalue weighted by molar-refractivity contribution is -0.127. The van der Waals surface area contributed by atoms with Crippen molar-refractivity contribution in [3.8, 4) is 0 Å². The molecule has 0 aliphatic carbocycles. The molecule has 0 unspecified atom stereocenters. The lowest BCUT2D eigenvalue weighted by Crippen LogP contribution is -2.34. The normalized spacial score (nSPS) is 14.7. The Kier molecular flexibility index (Phi) is 7.57. The molecular formula is C22H25BrN2O2S. The number of rotatable bonds is 7. The zero-order chi connectivity index (χ0) is 19.9. The molecule has 0 aromatic heterocycles. The smallest absolute Gasteiger partial charge is 0.252 e. The van der Waals surface area contributed by atoms with Crippen LogP contribution in [0.3, 0.4) is 0 Å². The molecule has 0 spiro atoms. The first-order valence-corrected chi connectivity index (χ1v) is 11.4. The second-order valence-corrected chi connectivity index (χ2v) is 9.01. The van der Waals surface area contributed by atoms with Gasteiger partial charge in [-0.3, -0.25) is 9.59 Å². The minimum atomic E-state index is -0.0960. The summed E-state index contributed by atoms with van der Waals surface area (Å²) in [4.78, 5) is 27.9. The van der Waals surface area contributed by atoms with Crippen molar-refractivity contribution in [2.24, 2.45) is 0 Å². The Labute approximate surface area is 179 Å². The third-order valence-electron chi connectivity index (χ3n) is 4.77. The van der Waals surface area contributed by atoms with Crippen LogP contribution < -0.4 is 5.32 Å². The number of nitrogens with zero attached hydrogens (tertiary/aromatic N) is 1. The lowest BCUT2D eigenvalue weighted by Gasteiger charge is -2.17. The van der Waals surface area contributed by atoms with Crippen molar-refractivity contribution in [1.29, 1.82) is 0 Å². The second-order valence-electron chi connectivity index (χ2n) is 7.08. The summed E-state index contributed by atoms with van der Waals surface area (Å²) in [6.45, 7) is 3.72. The van der Waals surface area contributed by atoms with Crippen LogP contribution in [-0.2, 0) is 11.2 Å². The van der Waals surface area contributed by atoms with Crippen molar-refractivity contribution in [2.45, 2.75) is 37.1 Å². The Morgan fingerprint density at radius 2 is 1.79 bits per heavy atom. The van der Waals surface area contributed by atoms with Crippen molar-refractivity contribution in [3.05, 3.63) is 64.1 Å². The zero-order valence-electron chi connectivity index (χ0n) is 16.0. The quantitative estimate of drug-likeness (QED) is 0.617. The third-order valence-corrected chi connectivity index (χ3v) is 6.36. The van der Waals surface area contributed by atoms with E-state index in [4.69, 9.17) is 0 Å². The van der Waals surface area contributed by atoms with Crippen LogP contribution in [0.1, 0.15) is 35.7 Å². The molecule has 1 aliphatic rings. The van der Waals surface area contributed by atoms with E-state index in [1.165, 1.54) is 17.3 Å². The Morgan fingerprint density at radius 1 is 1.11 bits per heavy atom. The van der Waals surface area contributed by atoms with Gasteiger partial charge in [-0.15, -0.1) is 11.8 Å². The Bertz CT molecular complexity index is 820. The fourth-order valence-electron chi connectivity index (χ4n) is 3.30. The fraction of sp³-hybridized carbons (Fsp3) is 0.364. The number of carbonyl (C=O) groups is 2. The number of carbonyl (C=O) groups excluding carboxylic acids is 2. The number of hydrogen-bond donors (Lipinski definition) is 1. The van der Waals surface area contributed by atoms with Crippen LogP contribution in [0, 0.1) is 0 Å². The number of likely N-dealkylation sites (tertiary alicyclic amines) is 1. The Hall–Kier alpha value is -1.79. The van der Waals surface area contributed by atoms with Crippen molar-refractivity contribution >= 4 is 39.5 Å². The van der Waals surface area contributed by atoms with E-state index in [0.717, 1.165) is 41.7 Å². The molecular weight excluding hydrogens is 436 g/mol. The first-order chi connectivity index (χ1) is 13.5. The Balaban J connectivity index is 1.58. The van der Waals surface area contributed by atoms with E-state index in [1.807, 2.05) is 48.2 Å². The molecule has 1 saturated heterocycles. The number of nitrogens with one attached hydrogen (secondary N) is 1. The van der Waals surface area contributed by atoms with Crippen LogP contribution in [0.25, 0.3) is 0 Å². The van der Waals surface area contributed by atoms with Crippen LogP contribution in [0.5, 0.6) is 0 Å². The third kappa shape index (κ3) is 5.85. The molecule has 2 aromatic carbocycles. The van der Waals surface area contributed by atoms with Gasteiger partial charge in [-0.1, -0.05) is 40.2 Å². The topological polar surface area (TPSA) is 49.4 Å². The van der Waals surface area contributed by atoms with Gasteiger partial charge in [0.05, 0.1) is 11.3 Å². The van der Waals surface area contributed by atoms with E-state index in [1.54, 1.807) is 0 Å². The summed E-state index contributed by atoms with van der Waals surface area (Å²) in [5.74, 6) is 0.432. The van der Waals surface area contributed by atoms with Gasteiger partial charge in [-0.2, -0.15) is 0 Å². The average Bonchev–Trinajstić information content (AvgIpc) is 3.23. The van der Waals surface area contributed by atoms with Gasteiger partial charge in [0.15, 0.2) is 0 Å². The number of amides is 2. The number of benzene rings is 2. The van der Waals surface area contributed by atoms with Crippen LogP contribution in [0.2, 0.25) is 0 Å². The average molecular weight is 461 g/mol. The predicted octanol–water partition coefficient (Wildman–Crippen LogP) is 4.52. The fourth-order valence-corrected chi connectivity index (χ4v) is 4.52. The maximum atomic E-state index is 12.8. The van der Waals surface area contributed by atoms with E-state index < -0.39 is 0 Å². The minimum absolute atomic E-state index is 0.0120. The maximum absolute atomic E-state index is 12.8. The summed E-state index contributed by atoms with van der Waals surface area (Å²) in [5.41, 5.74) is 1.80. The summed E-state index contributed by atoms with van der Waals surface area (Å²) in [7, 11) is 0. The summed E-state index contributed by atoms with van der Waals surface area (Å²) in [6.07, 6.45) is 2.94. The molecule has 0 saturated carbocycles. The summed E-state index contributed by atoms with van der Waals surface area (Å²) in [6, 6.07) is 15.6. The van der Waals surface area contributed by atoms with Crippen LogP contribution >= 0.6 is 27.7 Å². The van der Waals surface area contributed by atoms with E-state index in [0.29, 0.717) is 11.3 Å². The van der Waals surface area contributed by atoms with Gasteiger partial charge < -0.3 is 10.2 Å². The molecule has 1 atom stereocenters. The van der Waals surface area contributed by atoms with Gasteiger partial charge in [0, 0.05) is 28.5 Å². The molecule has 1 aliphatic heterocycles. The molecule has 1 N–H and O–H groups in total. The van der Waals surface area contributed by atoms with Gasteiger partial charge in [-0.05, 0) is 56.0 Å². The summed E-state index contributed by atoms with van der Waals surface area (Å²) < 4.78 is 1.04. The molecule has 148 valence electrons. The van der Waals surface area contributed by atoms with Crippen LogP contribution in [0.15, 0.2) is 57.9 Å². The monoisotopic (exact) mass is 460 g/mol. The van der Waals surface area contributed by atoms with Gasteiger partial charge in [0.25, 0.3) is 5.91 Å². The highest BCUT2D eigenvalue weighted by Gasteiger charge is 2.19. The number of hydrogen-bond acceptors (Lipinski definition) is 3. The maximum Gasteiger partial charge on any atom is 0.252 e. The molecule has 6 heteroatoms. The SMILES string of the molecule is C[C@H](Cc1ccc(Br)cc1)NC(=O)c1ccccc1SCC(=O)N1CCCC1. The van der Waals surface area contributed by atoms with Crippen molar-refractivity contribution in [1.82, 2.24) is 10.2 Å². The number of halogens is 1. The minimum Gasteiger partial charge on any atom is -0.349 e.